The van der Waals surface area contributed by atoms with Crippen LogP contribution < -0.4 is 5.56 Å². The van der Waals surface area contributed by atoms with E-state index in [1.807, 2.05) is 0 Å². The number of alkyl halides is 1. The Balaban J connectivity index is 2.32. The molecule has 1 aliphatic carbocycles. The molecule has 1 heterocycles. The molecule has 0 saturated carbocycles. The summed E-state index contributed by atoms with van der Waals surface area (Å²) in [7, 11) is 0. The van der Waals surface area contributed by atoms with Gasteiger partial charge < -0.3 is 5.11 Å². The summed E-state index contributed by atoms with van der Waals surface area (Å²) in [5, 5.41) is 13.0. The monoisotopic (exact) mass is 240 g/mol. The predicted molar refractivity (Wildman–Crippen MR) is 57.6 cm³/mol. The molecule has 0 unspecified atom stereocenters. The van der Waals surface area contributed by atoms with Crippen LogP contribution in [0.4, 0.5) is 4.39 Å². The third-order valence-electron chi connectivity index (χ3n) is 3.01. The van der Waals surface area contributed by atoms with Crippen molar-refractivity contribution < 1.29 is 14.3 Å². The zero-order valence-corrected chi connectivity index (χ0v) is 9.23. The number of halogens is 1. The Bertz CT molecular complexity index is 498. The molecule has 92 valence electrons. The Morgan fingerprint density at radius 2 is 2.41 bits per heavy atom. The molecule has 0 bridgehead atoms. The molecule has 0 fully saturated rings. The minimum atomic E-state index is -0.844. The quantitative estimate of drug-likeness (QED) is 0.830. The van der Waals surface area contributed by atoms with E-state index in [0.717, 1.165) is 10.4 Å². The van der Waals surface area contributed by atoms with Gasteiger partial charge in [-0.25, -0.2) is 9.07 Å². The largest absolute Gasteiger partial charge is 0.481 e. The molecular weight excluding hydrogens is 227 g/mol. The van der Waals surface area contributed by atoms with Gasteiger partial charge in [0.15, 0.2) is 0 Å². The standard InChI is InChI=1S/C11H13FN2O3/c12-3-4-14-10(15)6-8-5-7(11(16)17)1-2-9(8)13-14/h6-7H,1-5H2,(H,16,17)/t7-/m0/s1. The normalized spacial score (nSPS) is 18.8. The van der Waals surface area contributed by atoms with Gasteiger partial charge in [-0.3, -0.25) is 9.59 Å². The molecule has 1 aliphatic rings. The summed E-state index contributed by atoms with van der Waals surface area (Å²) >= 11 is 0. The molecular formula is C11H13FN2O3. The maximum atomic E-state index is 12.2. The molecule has 1 N–H and O–H groups in total. The van der Waals surface area contributed by atoms with Gasteiger partial charge in [-0.15, -0.1) is 0 Å². The van der Waals surface area contributed by atoms with Crippen molar-refractivity contribution in [2.24, 2.45) is 5.92 Å². The summed E-state index contributed by atoms with van der Waals surface area (Å²) in [5.74, 6) is -1.29. The third-order valence-corrected chi connectivity index (χ3v) is 3.01. The van der Waals surface area contributed by atoms with E-state index in [0.29, 0.717) is 24.8 Å². The van der Waals surface area contributed by atoms with Crippen molar-refractivity contribution in [2.45, 2.75) is 25.8 Å². The maximum Gasteiger partial charge on any atom is 0.306 e. The number of hydrogen-bond acceptors (Lipinski definition) is 3. The van der Waals surface area contributed by atoms with E-state index in [-0.39, 0.29) is 12.1 Å². The van der Waals surface area contributed by atoms with E-state index >= 15 is 0 Å². The average Bonchev–Trinajstić information content (AvgIpc) is 2.29. The molecule has 0 aliphatic heterocycles. The Morgan fingerprint density at radius 3 is 3.06 bits per heavy atom. The smallest absolute Gasteiger partial charge is 0.306 e. The van der Waals surface area contributed by atoms with Crippen LogP contribution in [0.25, 0.3) is 0 Å². The second-order valence-corrected chi connectivity index (χ2v) is 4.14. The number of carboxylic acid groups (broad SMARTS) is 1. The zero-order valence-electron chi connectivity index (χ0n) is 9.23. The molecule has 0 saturated heterocycles. The fraction of sp³-hybridized carbons (Fsp3) is 0.545. The van der Waals surface area contributed by atoms with E-state index in [4.69, 9.17) is 5.11 Å². The summed E-state index contributed by atoms with van der Waals surface area (Å²) in [4.78, 5) is 22.4. The van der Waals surface area contributed by atoms with Crippen LogP contribution in [0.15, 0.2) is 10.9 Å². The molecule has 1 aromatic rings. The van der Waals surface area contributed by atoms with Crippen LogP contribution in [0.1, 0.15) is 17.7 Å². The maximum absolute atomic E-state index is 12.2. The van der Waals surface area contributed by atoms with Crippen molar-refractivity contribution in [3.63, 3.8) is 0 Å². The Morgan fingerprint density at radius 1 is 1.65 bits per heavy atom. The van der Waals surface area contributed by atoms with Crippen molar-refractivity contribution in [3.8, 4) is 0 Å². The van der Waals surface area contributed by atoms with Crippen LogP contribution in [-0.2, 0) is 24.2 Å². The number of carboxylic acids is 1. The molecule has 0 amide bonds. The first-order chi connectivity index (χ1) is 8.11. The molecule has 0 aromatic carbocycles. The Labute approximate surface area is 96.9 Å². The van der Waals surface area contributed by atoms with Crippen molar-refractivity contribution in [1.82, 2.24) is 9.78 Å². The SMILES string of the molecule is O=C(O)[C@H]1CCc2nn(CCF)c(=O)cc2C1. The fourth-order valence-electron chi connectivity index (χ4n) is 2.08. The number of aliphatic carboxylic acids is 1. The third kappa shape index (κ3) is 2.35. The Kier molecular flexibility index (Phi) is 3.21. The number of nitrogens with zero attached hydrogens (tertiary/aromatic N) is 2. The lowest BCUT2D eigenvalue weighted by molar-refractivity contribution is -0.142. The summed E-state index contributed by atoms with van der Waals surface area (Å²) < 4.78 is 13.3. The highest BCUT2D eigenvalue weighted by atomic mass is 19.1. The topological polar surface area (TPSA) is 72.2 Å². The highest BCUT2D eigenvalue weighted by Gasteiger charge is 2.25. The van der Waals surface area contributed by atoms with Crippen molar-refractivity contribution in [2.75, 3.05) is 6.67 Å². The molecule has 1 aromatic heterocycles. The first-order valence-corrected chi connectivity index (χ1v) is 5.50. The van der Waals surface area contributed by atoms with E-state index in [9.17, 15) is 14.0 Å². The van der Waals surface area contributed by atoms with Crippen LogP contribution in [-0.4, -0.2) is 27.5 Å². The van der Waals surface area contributed by atoms with Crippen LogP contribution in [0.2, 0.25) is 0 Å². The van der Waals surface area contributed by atoms with Gasteiger partial charge in [0.1, 0.15) is 6.67 Å². The van der Waals surface area contributed by atoms with E-state index < -0.39 is 18.6 Å². The predicted octanol–water partition coefficient (Wildman–Crippen LogP) is 0.402. The van der Waals surface area contributed by atoms with Crippen LogP contribution >= 0.6 is 0 Å². The summed E-state index contributed by atoms with van der Waals surface area (Å²) in [5.41, 5.74) is 1.03. The fourth-order valence-corrected chi connectivity index (χ4v) is 2.08. The van der Waals surface area contributed by atoms with E-state index in [2.05, 4.69) is 5.10 Å². The lowest BCUT2D eigenvalue weighted by Gasteiger charge is -2.20. The summed E-state index contributed by atoms with van der Waals surface area (Å²) in [6, 6.07) is 1.38. The lowest BCUT2D eigenvalue weighted by Crippen LogP contribution is -2.30. The molecule has 5 nitrogen and oxygen atoms in total. The molecule has 0 spiro atoms. The van der Waals surface area contributed by atoms with Gasteiger partial charge in [-0.05, 0) is 24.8 Å². The molecule has 6 heteroatoms. The minimum Gasteiger partial charge on any atom is -0.481 e. The van der Waals surface area contributed by atoms with Crippen LogP contribution in [0, 0.1) is 5.92 Å². The highest BCUT2D eigenvalue weighted by molar-refractivity contribution is 5.70. The van der Waals surface area contributed by atoms with Gasteiger partial charge in [-0.2, -0.15) is 5.10 Å². The first kappa shape index (κ1) is 11.8. The number of hydrogen-bond donors (Lipinski definition) is 1. The van der Waals surface area contributed by atoms with Gasteiger partial charge in [0, 0.05) is 6.07 Å². The molecule has 0 radical (unpaired) electrons. The van der Waals surface area contributed by atoms with Crippen molar-refractivity contribution >= 4 is 5.97 Å². The van der Waals surface area contributed by atoms with E-state index in [1.54, 1.807) is 0 Å². The second kappa shape index (κ2) is 4.65. The Hall–Kier alpha value is -1.72. The van der Waals surface area contributed by atoms with Gasteiger partial charge in [0.2, 0.25) is 0 Å². The van der Waals surface area contributed by atoms with Gasteiger partial charge in [0.25, 0.3) is 5.56 Å². The number of aromatic nitrogens is 2. The zero-order chi connectivity index (χ0) is 12.4. The first-order valence-electron chi connectivity index (χ1n) is 5.50. The van der Waals surface area contributed by atoms with Gasteiger partial charge in [0.05, 0.1) is 18.2 Å². The van der Waals surface area contributed by atoms with Crippen molar-refractivity contribution in [3.05, 3.63) is 27.7 Å². The summed E-state index contributed by atoms with van der Waals surface area (Å²) in [6.07, 6.45) is 1.38. The van der Waals surface area contributed by atoms with Crippen LogP contribution in [0.3, 0.4) is 0 Å². The molecule has 17 heavy (non-hydrogen) atoms. The van der Waals surface area contributed by atoms with Gasteiger partial charge in [-0.1, -0.05) is 0 Å². The van der Waals surface area contributed by atoms with E-state index in [1.165, 1.54) is 6.07 Å². The minimum absolute atomic E-state index is 0.0472. The van der Waals surface area contributed by atoms with Crippen LogP contribution in [0.5, 0.6) is 0 Å². The number of aryl methyl sites for hydroxylation is 2. The molecule has 2 rings (SSSR count). The lowest BCUT2D eigenvalue weighted by atomic mass is 9.87. The second-order valence-electron chi connectivity index (χ2n) is 4.14. The number of rotatable bonds is 3. The number of fused-ring (bicyclic) bond motifs is 1. The average molecular weight is 240 g/mol. The van der Waals surface area contributed by atoms with Crippen molar-refractivity contribution in [1.29, 1.82) is 0 Å². The summed E-state index contributed by atoms with van der Waals surface area (Å²) in [6.45, 7) is -0.683. The van der Waals surface area contributed by atoms with Gasteiger partial charge >= 0.3 is 5.97 Å². The highest BCUT2D eigenvalue weighted by Crippen LogP contribution is 2.22. The number of carbonyl (C=O) groups is 1. The molecule has 1 atom stereocenters.